The third kappa shape index (κ3) is 4.86. The van der Waals surface area contributed by atoms with Crippen molar-refractivity contribution < 1.29 is 17.9 Å². The predicted molar refractivity (Wildman–Crippen MR) is 114 cm³/mol. The van der Waals surface area contributed by atoms with Gasteiger partial charge in [-0.2, -0.15) is 4.31 Å². The number of carbonyl (C=O) groups is 1. The Morgan fingerprint density at radius 2 is 1.97 bits per heavy atom. The van der Waals surface area contributed by atoms with Crippen molar-refractivity contribution >= 4 is 44.8 Å². The van der Waals surface area contributed by atoms with Gasteiger partial charge in [-0.1, -0.05) is 29.3 Å². The van der Waals surface area contributed by atoms with E-state index in [-0.39, 0.29) is 22.4 Å². The first kappa shape index (κ1) is 21.9. The predicted octanol–water partition coefficient (Wildman–Crippen LogP) is 4.35. The van der Waals surface area contributed by atoms with Crippen LogP contribution in [0.4, 0.5) is 5.69 Å². The molecule has 2 aromatic carbocycles. The number of halogens is 2. The molecule has 9 heteroatoms. The topological polar surface area (TPSA) is 75.7 Å². The number of nitrogens with zero attached hydrogens (tertiary/aromatic N) is 1. The van der Waals surface area contributed by atoms with Crippen LogP contribution in [-0.4, -0.2) is 38.8 Å². The summed E-state index contributed by atoms with van der Waals surface area (Å²) in [4.78, 5) is 12.8. The molecule has 0 radical (unpaired) electrons. The molecule has 29 heavy (non-hydrogen) atoms. The van der Waals surface area contributed by atoms with Gasteiger partial charge in [-0.05, 0) is 55.7 Å². The van der Waals surface area contributed by atoms with Gasteiger partial charge in [-0.25, -0.2) is 8.42 Å². The molecule has 2 aromatic rings. The summed E-state index contributed by atoms with van der Waals surface area (Å²) in [5, 5.41) is 3.62. The Morgan fingerprint density at radius 3 is 2.66 bits per heavy atom. The third-order valence-corrected chi connectivity index (χ3v) is 7.37. The second-order valence-corrected chi connectivity index (χ2v) is 9.73. The van der Waals surface area contributed by atoms with Crippen molar-refractivity contribution in [2.75, 3.05) is 25.5 Å². The first-order valence-corrected chi connectivity index (χ1v) is 11.3. The van der Waals surface area contributed by atoms with E-state index in [1.165, 1.54) is 29.6 Å². The summed E-state index contributed by atoms with van der Waals surface area (Å²) in [5.41, 5.74) is 1.51. The van der Waals surface area contributed by atoms with E-state index in [1.54, 1.807) is 12.1 Å². The van der Waals surface area contributed by atoms with Gasteiger partial charge in [-0.15, -0.1) is 0 Å². The fraction of sp³-hybridized carbons (Fsp3) is 0.350. The van der Waals surface area contributed by atoms with Crippen molar-refractivity contribution in [1.82, 2.24) is 4.31 Å². The average Bonchev–Trinajstić information content (AvgIpc) is 2.70. The van der Waals surface area contributed by atoms with Crippen molar-refractivity contribution in [1.29, 1.82) is 0 Å². The Balaban J connectivity index is 1.76. The van der Waals surface area contributed by atoms with Crippen LogP contribution in [0.2, 0.25) is 10.0 Å². The second-order valence-electron chi connectivity index (χ2n) is 6.95. The highest BCUT2D eigenvalue weighted by atomic mass is 35.5. The van der Waals surface area contributed by atoms with Gasteiger partial charge < -0.3 is 10.1 Å². The maximum absolute atomic E-state index is 13.0. The summed E-state index contributed by atoms with van der Waals surface area (Å²) >= 11 is 12.1. The molecule has 3 rings (SSSR count). The van der Waals surface area contributed by atoms with Crippen molar-refractivity contribution in [3.8, 4) is 5.75 Å². The SMILES string of the molecule is COc1ccc(S(=O)(=O)N2CCCC(C(=O)Nc3cc(Cl)ccc3C)C2)cc1Cl. The van der Waals surface area contributed by atoms with Gasteiger partial charge in [0.05, 0.1) is 22.9 Å². The van der Waals surface area contributed by atoms with Crippen LogP contribution < -0.4 is 10.1 Å². The molecule has 0 aromatic heterocycles. The number of aryl methyl sites for hydroxylation is 1. The minimum Gasteiger partial charge on any atom is -0.495 e. The maximum Gasteiger partial charge on any atom is 0.243 e. The molecule has 0 saturated carbocycles. The van der Waals surface area contributed by atoms with E-state index in [2.05, 4.69) is 5.32 Å². The Labute approximate surface area is 180 Å². The second kappa shape index (κ2) is 8.92. The van der Waals surface area contributed by atoms with Gasteiger partial charge in [0, 0.05) is 23.8 Å². The lowest BCUT2D eigenvalue weighted by atomic mass is 9.98. The number of hydrogen-bond acceptors (Lipinski definition) is 4. The van der Waals surface area contributed by atoms with Crippen LogP contribution in [0, 0.1) is 12.8 Å². The summed E-state index contributed by atoms with van der Waals surface area (Å²) in [7, 11) is -2.31. The summed E-state index contributed by atoms with van der Waals surface area (Å²) in [5.74, 6) is -0.271. The van der Waals surface area contributed by atoms with Crippen LogP contribution in [0.25, 0.3) is 0 Å². The summed E-state index contributed by atoms with van der Waals surface area (Å²) in [6.07, 6.45) is 1.20. The molecule has 1 amide bonds. The number of hydrogen-bond donors (Lipinski definition) is 1. The van der Waals surface area contributed by atoms with Crippen molar-refractivity contribution in [3.63, 3.8) is 0 Å². The van der Waals surface area contributed by atoms with E-state index in [1.807, 2.05) is 13.0 Å². The molecule has 6 nitrogen and oxygen atoms in total. The number of piperidine rings is 1. The number of nitrogens with one attached hydrogen (secondary N) is 1. The smallest absolute Gasteiger partial charge is 0.243 e. The van der Waals surface area contributed by atoms with E-state index >= 15 is 0 Å². The molecule has 0 spiro atoms. The first-order chi connectivity index (χ1) is 13.7. The lowest BCUT2D eigenvalue weighted by Gasteiger charge is -2.31. The van der Waals surface area contributed by atoms with Crippen LogP contribution in [0.5, 0.6) is 5.75 Å². The van der Waals surface area contributed by atoms with Gasteiger partial charge in [0.1, 0.15) is 5.75 Å². The molecule has 0 aliphatic carbocycles. The number of carbonyl (C=O) groups excluding carboxylic acids is 1. The number of amides is 1. The normalized spacial score (nSPS) is 17.7. The highest BCUT2D eigenvalue weighted by Crippen LogP contribution is 2.30. The van der Waals surface area contributed by atoms with E-state index in [0.717, 1.165) is 5.56 Å². The van der Waals surface area contributed by atoms with E-state index < -0.39 is 15.9 Å². The molecule has 1 fully saturated rings. The Hall–Kier alpha value is -1.80. The van der Waals surface area contributed by atoms with Gasteiger partial charge in [-0.3, -0.25) is 4.79 Å². The molecule has 1 atom stereocenters. The quantitative estimate of drug-likeness (QED) is 0.725. The number of rotatable bonds is 5. The molecule has 1 heterocycles. The fourth-order valence-corrected chi connectivity index (χ4v) is 5.34. The van der Waals surface area contributed by atoms with Crippen molar-refractivity contribution in [2.45, 2.75) is 24.7 Å². The zero-order valence-corrected chi connectivity index (χ0v) is 18.4. The molecule has 156 valence electrons. The van der Waals surface area contributed by atoms with Crippen molar-refractivity contribution in [3.05, 3.63) is 52.0 Å². The summed E-state index contributed by atoms with van der Waals surface area (Å²) in [6, 6.07) is 9.61. The number of ether oxygens (including phenoxy) is 1. The fourth-order valence-electron chi connectivity index (χ4n) is 3.30. The Kier molecular flexibility index (Phi) is 6.73. The summed E-state index contributed by atoms with van der Waals surface area (Å²) in [6.45, 7) is 2.33. The molecular weight excluding hydrogens is 435 g/mol. The highest BCUT2D eigenvalue weighted by Gasteiger charge is 2.33. The first-order valence-electron chi connectivity index (χ1n) is 9.13. The molecule has 1 aliphatic heterocycles. The van der Waals surface area contributed by atoms with E-state index in [4.69, 9.17) is 27.9 Å². The van der Waals surface area contributed by atoms with Crippen LogP contribution in [0.15, 0.2) is 41.3 Å². The zero-order valence-electron chi connectivity index (χ0n) is 16.1. The van der Waals surface area contributed by atoms with Gasteiger partial charge in [0.25, 0.3) is 0 Å². The maximum atomic E-state index is 13.0. The highest BCUT2D eigenvalue weighted by molar-refractivity contribution is 7.89. The van der Waals surface area contributed by atoms with Crippen molar-refractivity contribution in [2.24, 2.45) is 5.92 Å². The standard InChI is InChI=1S/C20H22Cl2N2O4S/c1-13-5-6-15(21)10-18(13)23-20(25)14-4-3-9-24(12-14)29(26,27)16-7-8-19(28-2)17(22)11-16/h5-8,10-11,14H,3-4,9,12H2,1-2H3,(H,23,25). The van der Waals surface area contributed by atoms with Crippen LogP contribution in [-0.2, 0) is 14.8 Å². The van der Waals surface area contributed by atoms with Gasteiger partial charge >= 0.3 is 0 Å². The van der Waals surface area contributed by atoms with Crippen LogP contribution >= 0.6 is 23.2 Å². The van der Waals surface area contributed by atoms with E-state index in [9.17, 15) is 13.2 Å². The molecule has 0 bridgehead atoms. The summed E-state index contributed by atoms with van der Waals surface area (Å²) < 4.78 is 32.5. The third-order valence-electron chi connectivity index (χ3n) is 4.97. The number of sulfonamides is 1. The van der Waals surface area contributed by atoms with E-state index in [0.29, 0.717) is 35.8 Å². The van der Waals surface area contributed by atoms with Crippen LogP contribution in [0.3, 0.4) is 0 Å². The number of anilines is 1. The lowest BCUT2D eigenvalue weighted by Crippen LogP contribution is -2.43. The van der Waals surface area contributed by atoms with Gasteiger partial charge in [0.15, 0.2) is 0 Å². The molecule has 1 saturated heterocycles. The lowest BCUT2D eigenvalue weighted by molar-refractivity contribution is -0.120. The number of methoxy groups -OCH3 is 1. The number of benzene rings is 2. The average molecular weight is 457 g/mol. The minimum atomic E-state index is -3.77. The molecular formula is C20H22Cl2N2O4S. The van der Waals surface area contributed by atoms with Gasteiger partial charge in [0.2, 0.25) is 15.9 Å². The molecule has 1 unspecified atom stereocenters. The Bertz CT molecular complexity index is 1030. The molecule has 1 aliphatic rings. The monoisotopic (exact) mass is 456 g/mol. The zero-order chi connectivity index (χ0) is 21.2. The Morgan fingerprint density at radius 1 is 1.21 bits per heavy atom. The minimum absolute atomic E-state index is 0.0787. The molecule has 1 N–H and O–H groups in total. The van der Waals surface area contributed by atoms with Crippen LogP contribution in [0.1, 0.15) is 18.4 Å². The largest absolute Gasteiger partial charge is 0.495 e.